The summed E-state index contributed by atoms with van der Waals surface area (Å²) >= 11 is 5.58. The minimum absolute atomic E-state index is 0.618. The fourth-order valence-electron chi connectivity index (χ4n) is 0.374. The van der Waals surface area contributed by atoms with E-state index in [2.05, 4.69) is 23.8 Å². The van der Waals surface area contributed by atoms with Crippen molar-refractivity contribution in [3.8, 4) is 0 Å². The van der Waals surface area contributed by atoms with Crippen LogP contribution in [0.2, 0.25) is 5.02 Å². The molecular formula is C8H13ClN2. The van der Waals surface area contributed by atoms with E-state index >= 15 is 0 Å². The van der Waals surface area contributed by atoms with Crippen LogP contribution >= 0.6 is 11.6 Å². The van der Waals surface area contributed by atoms with E-state index in [9.17, 15) is 0 Å². The van der Waals surface area contributed by atoms with Gasteiger partial charge in [-0.05, 0) is 6.92 Å². The summed E-state index contributed by atoms with van der Waals surface area (Å²) in [5.41, 5.74) is 0.821. The van der Waals surface area contributed by atoms with Gasteiger partial charge in [0.1, 0.15) is 6.33 Å². The lowest BCUT2D eigenvalue weighted by Gasteiger charge is -1.89. The lowest BCUT2D eigenvalue weighted by molar-refractivity contribution is 1.09. The van der Waals surface area contributed by atoms with Crippen LogP contribution in [0.4, 0.5) is 0 Å². The fraction of sp³-hybridized carbons (Fsp3) is 0.500. The van der Waals surface area contributed by atoms with Gasteiger partial charge in [-0.15, -0.1) is 0 Å². The standard InChI is InChI=1S/C5H5ClN2.C3H8/c1-4-5(6)2-7-3-8-4;1-3-2/h2-3H,1H3;3H2,1-2H3. The third kappa shape index (κ3) is 4.73. The summed E-state index contributed by atoms with van der Waals surface area (Å²) < 4.78 is 0. The molecule has 0 atom stereocenters. The van der Waals surface area contributed by atoms with Crippen LogP contribution in [0.25, 0.3) is 0 Å². The molecule has 0 saturated heterocycles. The summed E-state index contributed by atoms with van der Waals surface area (Å²) in [6.45, 7) is 6.09. The smallest absolute Gasteiger partial charge is 0.115 e. The molecule has 0 fully saturated rings. The molecule has 0 aliphatic carbocycles. The molecule has 2 nitrogen and oxygen atoms in total. The molecule has 3 heteroatoms. The second-order valence-electron chi connectivity index (χ2n) is 2.16. The third-order valence-electron chi connectivity index (χ3n) is 0.852. The fourth-order valence-corrected chi connectivity index (χ4v) is 0.479. The van der Waals surface area contributed by atoms with Crippen molar-refractivity contribution in [3.05, 3.63) is 23.2 Å². The number of rotatable bonds is 0. The highest BCUT2D eigenvalue weighted by Crippen LogP contribution is 2.07. The van der Waals surface area contributed by atoms with Gasteiger partial charge in [0.25, 0.3) is 0 Å². The summed E-state index contributed by atoms with van der Waals surface area (Å²) in [7, 11) is 0. The van der Waals surface area contributed by atoms with E-state index in [4.69, 9.17) is 11.6 Å². The molecule has 0 amide bonds. The molecule has 0 aromatic carbocycles. The molecule has 62 valence electrons. The van der Waals surface area contributed by atoms with E-state index in [0.717, 1.165) is 5.69 Å². The highest BCUT2D eigenvalue weighted by Gasteiger charge is 1.89. The summed E-state index contributed by atoms with van der Waals surface area (Å²) in [5.74, 6) is 0. The largest absolute Gasteiger partial charge is 0.243 e. The Morgan fingerprint density at radius 1 is 1.45 bits per heavy atom. The van der Waals surface area contributed by atoms with Crippen molar-refractivity contribution in [2.45, 2.75) is 27.2 Å². The molecule has 0 aliphatic heterocycles. The first-order valence-corrected chi connectivity index (χ1v) is 4.02. The van der Waals surface area contributed by atoms with Gasteiger partial charge in [0.15, 0.2) is 0 Å². The highest BCUT2D eigenvalue weighted by atomic mass is 35.5. The first kappa shape index (κ1) is 10.4. The monoisotopic (exact) mass is 172 g/mol. The van der Waals surface area contributed by atoms with Crippen LogP contribution in [0.3, 0.4) is 0 Å². The number of nitrogens with zero attached hydrogens (tertiary/aromatic N) is 2. The molecular weight excluding hydrogens is 160 g/mol. The minimum atomic E-state index is 0.618. The van der Waals surface area contributed by atoms with Crippen molar-refractivity contribution in [3.63, 3.8) is 0 Å². The molecule has 0 bridgehead atoms. The van der Waals surface area contributed by atoms with E-state index in [1.165, 1.54) is 12.7 Å². The quantitative estimate of drug-likeness (QED) is 0.602. The number of aromatic nitrogens is 2. The third-order valence-corrected chi connectivity index (χ3v) is 1.22. The van der Waals surface area contributed by atoms with Crippen molar-refractivity contribution in [1.82, 2.24) is 9.97 Å². The van der Waals surface area contributed by atoms with Gasteiger partial charge in [0.2, 0.25) is 0 Å². The Balaban J connectivity index is 0.000000292. The Morgan fingerprint density at radius 3 is 2.27 bits per heavy atom. The molecule has 0 radical (unpaired) electrons. The van der Waals surface area contributed by atoms with E-state index < -0.39 is 0 Å². The molecule has 0 spiro atoms. The number of hydrogen-bond donors (Lipinski definition) is 0. The van der Waals surface area contributed by atoms with Gasteiger partial charge in [-0.3, -0.25) is 0 Å². The Kier molecular flexibility index (Phi) is 5.75. The molecule has 1 aromatic heterocycles. The van der Waals surface area contributed by atoms with Crippen LogP contribution in [0.15, 0.2) is 12.5 Å². The molecule has 11 heavy (non-hydrogen) atoms. The molecule has 1 rings (SSSR count). The van der Waals surface area contributed by atoms with Crippen molar-refractivity contribution in [1.29, 1.82) is 0 Å². The summed E-state index contributed by atoms with van der Waals surface area (Å²) in [6, 6.07) is 0. The van der Waals surface area contributed by atoms with Crippen molar-refractivity contribution < 1.29 is 0 Å². The summed E-state index contributed by atoms with van der Waals surface area (Å²) in [4.78, 5) is 7.54. The zero-order valence-corrected chi connectivity index (χ0v) is 7.89. The first-order valence-electron chi connectivity index (χ1n) is 3.64. The highest BCUT2D eigenvalue weighted by molar-refractivity contribution is 6.31. The van der Waals surface area contributed by atoms with E-state index in [1.807, 2.05) is 6.92 Å². The zero-order chi connectivity index (χ0) is 8.69. The predicted octanol–water partition coefficient (Wildman–Crippen LogP) is 2.85. The van der Waals surface area contributed by atoms with E-state index in [-0.39, 0.29) is 0 Å². The lowest BCUT2D eigenvalue weighted by Crippen LogP contribution is -1.81. The molecule has 0 unspecified atom stereocenters. The molecule has 0 aliphatic rings. The van der Waals surface area contributed by atoms with Crippen LogP contribution in [-0.2, 0) is 0 Å². The van der Waals surface area contributed by atoms with Gasteiger partial charge >= 0.3 is 0 Å². The normalized spacial score (nSPS) is 8.36. The maximum Gasteiger partial charge on any atom is 0.115 e. The molecule has 0 saturated carbocycles. The van der Waals surface area contributed by atoms with Gasteiger partial charge in [0, 0.05) is 6.20 Å². The van der Waals surface area contributed by atoms with Crippen molar-refractivity contribution in [2.75, 3.05) is 0 Å². The van der Waals surface area contributed by atoms with Crippen LogP contribution in [0, 0.1) is 6.92 Å². The Morgan fingerprint density at radius 2 is 2.00 bits per heavy atom. The maximum atomic E-state index is 5.58. The summed E-state index contributed by atoms with van der Waals surface area (Å²) in [5, 5.41) is 0.618. The molecule has 1 heterocycles. The summed E-state index contributed by atoms with van der Waals surface area (Å²) in [6.07, 6.45) is 4.30. The molecule has 1 aromatic rings. The number of halogens is 1. The first-order chi connectivity index (χ1) is 5.22. The van der Waals surface area contributed by atoms with Gasteiger partial charge in [-0.1, -0.05) is 31.9 Å². The van der Waals surface area contributed by atoms with Crippen LogP contribution in [0.5, 0.6) is 0 Å². The number of hydrogen-bond acceptors (Lipinski definition) is 2. The van der Waals surface area contributed by atoms with Gasteiger partial charge in [-0.2, -0.15) is 0 Å². The topological polar surface area (TPSA) is 25.8 Å². The minimum Gasteiger partial charge on any atom is -0.243 e. The lowest BCUT2D eigenvalue weighted by atomic mass is 10.5. The Labute approximate surface area is 72.6 Å². The van der Waals surface area contributed by atoms with Crippen LogP contribution in [0.1, 0.15) is 26.0 Å². The molecule has 0 N–H and O–H groups in total. The zero-order valence-electron chi connectivity index (χ0n) is 7.13. The van der Waals surface area contributed by atoms with Crippen molar-refractivity contribution in [2.24, 2.45) is 0 Å². The van der Waals surface area contributed by atoms with Gasteiger partial charge < -0.3 is 0 Å². The van der Waals surface area contributed by atoms with E-state index in [1.54, 1.807) is 6.20 Å². The second kappa shape index (κ2) is 6.10. The Hall–Kier alpha value is -0.630. The Bertz CT molecular complexity index is 180. The van der Waals surface area contributed by atoms with E-state index in [0.29, 0.717) is 5.02 Å². The predicted molar refractivity (Wildman–Crippen MR) is 47.7 cm³/mol. The van der Waals surface area contributed by atoms with Crippen LogP contribution < -0.4 is 0 Å². The van der Waals surface area contributed by atoms with Crippen molar-refractivity contribution >= 4 is 11.6 Å². The van der Waals surface area contributed by atoms with Gasteiger partial charge in [0.05, 0.1) is 10.7 Å². The number of aryl methyl sites for hydroxylation is 1. The maximum absolute atomic E-state index is 5.58. The average Bonchev–Trinajstić information content (AvgIpc) is 1.97. The SMILES string of the molecule is CCC.Cc1ncncc1Cl. The average molecular weight is 173 g/mol. The second-order valence-corrected chi connectivity index (χ2v) is 2.57. The van der Waals surface area contributed by atoms with Gasteiger partial charge in [-0.25, -0.2) is 9.97 Å². The van der Waals surface area contributed by atoms with Crippen LogP contribution in [-0.4, -0.2) is 9.97 Å².